The number of hydrogen-bond acceptors (Lipinski definition) is 4. The van der Waals surface area contributed by atoms with E-state index in [1.807, 2.05) is 48.2 Å². The van der Waals surface area contributed by atoms with Crippen LogP contribution in [0.15, 0.2) is 42.5 Å². The quantitative estimate of drug-likeness (QED) is 0.634. The molecular weight excluding hydrogens is 416 g/mol. The van der Waals surface area contributed by atoms with Crippen molar-refractivity contribution >= 4 is 29.0 Å². The van der Waals surface area contributed by atoms with Gasteiger partial charge in [-0.25, -0.2) is 4.79 Å². The van der Waals surface area contributed by atoms with Gasteiger partial charge in [0.05, 0.1) is 17.9 Å². The summed E-state index contributed by atoms with van der Waals surface area (Å²) in [6.45, 7) is 8.18. The molecule has 2 saturated heterocycles. The normalized spacial score (nSPS) is 16.5. The van der Waals surface area contributed by atoms with Gasteiger partial charge in [0.2, 0.25) is 0 Å². The monoisotopic (exact) mass is 450 g/mol. The van der Waals surface area contributed by atoms with Crippen molar-refractivity contribution in [2.45, 2.75) is 39.5 Å². The summed E-state index contributed by atoms with van der Waals surface area (Å²) in [7, 11) is 0. The predicted molar refractivity (Wildman–Crippen MR) is 132 cm³/mol. The summed E-state index contributed by atoms with van der Waals surface area (Å²) in [6.07, 6.45) is 4.34. The fraction of sp³-hybridized carbons (Fsp3) is 0.462. The highest BCUT2D eigenvalue weighted by Crippen LogP contribution is 2.31. The molecular formula is C26H34N4O3. The van der Waals surface area contributed by atoms with Crippen LogP contribution < -0.4 is 20.3 Å². The second-order valence-electron chi connectivity index (χ2n) is 8.91. The molecule has 2 aliphatic heterocycles. The van der Waals surface area contributed by atoms with Crippen LogP contribution >= 0.6 is 0 Å². The number of rotatable bonds is 6. The lowest BCUT2D eigenvalue weighted by atomic mass is 9.97. The molecule has 2 fully saturated rings. The number of para-hydroxylation sites is 2. The molecule has 3 amide bonds. The van der Waals surface area contributed by atoms with E-state index in [0.29, 0.717) is 35.2 Å². The van der Waals surface area contributed by atoms with Gasteiger partial charge >= 0.3 is 6.03 Å². The third-order valence-electron chi connectivity index (χ3n) is 6.44. The third kappa shape index (κ3) is 5.59. The van der Waals surface area contributed by atoms with Crippen molar-refractivity contribution in [1.82, 2.24) is 4.90 Å². The summed E-state index contributed by atoms with van der Waals surface area (Å²) in [5, 5.41) is 5.74. The van der Waals surface area contributed by atoms with Crippen molar-refractivity contribution in [1.29, 1.82) is 0 Å². The predicted octanol–water partition coefficient (Wildman–Crippen LogP) is 5.20. The average molecular weight is 451 g/mol. The molecule has 0 unspecified atom stereocenters. The Hall–Kier alpha value is -3.22. The molecule has 0 saturated carbocycles. The summed E-state index contributed by atoms with van der Waals surface area (Å²) in [4.78, 5) is 30.3. The number of ether oxygens (including phenoxy) is 1. The number of carbonyl (C=O) groups is 2. The SMILES string of the molecule is CCOc1ccccc1NC(=O)Nc1ccc(N2CCC(C)CC2)c(C(=O)N2CCCC2)c1. The van der Waals surface area contributed by atoms with Gasteiger partial charge in [-0.15, -0.1) is 0 Å². The maximum atomic E-state index is 13.4. The van der Waals surface area contributed by atoms with Gasteiger partial charge in [-0.05, 0) is 68.9 Å². The van der Waals surface area contributed by atoms with E-state index in [9.17, 15) is 9.59 Å². The maximum Gasteiger partial charge on any atom is 0.323 e. The van der Waals surface area contributed by atoms with E-state index in [1.54, 1.807) is 6.07 Å². The molecule has 0 spiro atoms. The lowest BCUT2D eigenvalue weighted by Crippen LogP contribution is -2.35. The van der Waals surface area contributed by atoms with Crippen LogP contribution in [0.2, 0.25) is 0 Å². The van der Waals surface area contributed by atoms with Gasteiger partial charge in [0, 0.05) is 37.6 Å². The topological polar surface area (TPSA) is 73.9 Å². The van der Waals surface area contributed by atoms with E-state index >= 15 is 0 Å². The molecule has 2 aliphatic rings. The molecule has 0 aliphatic carbocycles. The zero-order valence-electron chi connectivity index (χ0n) is 19.6. The third-order valence-corrected chi connectivity index (χ3v) is 6.44. The fourth-order valence-corrected chi connectivity index (χ4v) is 4.54. The summed E-state index contributed by atoms with van der Waals surface area (Å²) in [5.41, 5.74) is 2.83. The summed E-state index contributed by atoms with van der Waals surface area (Å²) in [6, 6.07) is 12.6. The molecule has 7 heteroatoms. The van der Waals surface area contributed by atoms with E-state index in [1.165, 1.54) is 0 Å². The Bertz CT molecular complexity index is 979. The molecule has 176 valence electrons. The number of likely N-dealkylation sites (tertiary alicyclic amines) is 1. The van der Waals surface area contributed by atoms with Crippen LogP contribution in [0.25, 0.3) is 0 Å². The van der Waals surface area contributed by atoms with Crippen molar-refractivity contribution < 1.29 is 14.3 Å². The first-order chi connectivity index (χ1) is 16.0. The highest BCUT2D eigenvalue weighted by molar-refractivity contribution is 6.04. The number of hydrogen-bond donors (Lipinski definition) is 2. The maximum absolute atomic E-state index is 13.4. The van der Waals surface area contributed by atoms with Crippen molar-refractivity contribution in [3.63, 3.8) is 0 Å². The number of benzene rings is 2. The lowest BCUT2D eigenvalue weighted by Gasteiger charge is -2.34. The first-order valence-corrected chi connectivity index (χ1v) is 12.0. The highest BCUT2D eigenvalue weighted by atomic mass is 16.5. The molecule has 2 aromatic carbocycles. The average Bonchev–Trinajstić information content (AvgIpc) is 3.36. The zero-order valence-corrected chi connectivity index (χ0v) is 19.6. The molecule has 7 nitrogen and oxygen atoms in total. The van der Waals surface area contributed by atoms with Crippen molar-refractivity contribution in [2.75, 3.05) is 48.3 Å². The Morgan fingerprint density at radius 1 is 1.00 bits per heavy atom. The first-order valence-electron chi connectivity index (χ1n) is 12.0. The van der Waals surface area contributed by atoms with Crippen LogP contribution in [-0.2, 0) is 0 Å². The molecule has 2 N–H and O–H groups in total. The van der Waals surface area contributed by atoms with Gasteiger partial charge in [0.15, 0.2) is 0 Å². The first kappa shape index (κ1) is 23.0. The van der Waals surface area contributed by atoms with Crippen molar-refractivity contribution in [3.8, 4) is 5.75 Å². The van der Waals surface area contributed by atoms with Crippen LogP contribution in [0.3, 0.4) is 0 Å². The number of anilines is 3. The Morgan fingerprint density at radius 2 is 1.73 bits per heavy atom. The number of urea groups is 1. The van der Waals surface area contributed by atoms with E-state index in [2.05, 4.69) is 22.5 Å². The molecule has 0 atom stereocenters. The fourth-order valence-electron chi connectivity index (χ4n) is 4.54. The molecule has 2 aromatic rings. The molecule has 0 bridgehead atoms. The van der Waals surface area contributed by atoms with Gasteiger partial charge in [-0.3, -0.25) is 4.79 Å². The molecule has 0 radical (unpaired) electrons. The van der Waals surface area contributed by atoms with E-state index in [4.69, 9.17) is 4.74 Å². The van der Waals surface area contributed by atoms with E-state index in [0.717, 1.165) is 57.5 Å². The van der Waals surface area contributed by atoms with E-state index < -0.39 is 0 Å². The Morgan fingerprint density at radius 3 is 2.45 bits per heavy atom. The number of nitrogens with one attached hydrogen (secondary N) is 2. The summed E-state index contributed by atoms with van der Waals surface area (Å²) < 4.78 is 5.59. The van der Waals surface area contributed by atoms with Crippen molar-refractivity contribution in [2.24, 2.45) is 5.92 Å². The Labute approximate surface area is 196 Å². The minimum absolute atomic E-state index is 0.0480. The van der Waals surface area contributed by atoms with E-state index in [-0.39, 0.29) is 11.9 Å². The van der Waals surface area contributed by atoms with Crippen LogP contribution in [0.5, 0.6) is 5.75 Å². The highest BCUT2D eigenvalue weighted by Gasteiger charge is 2.26. The number of carbonyl (C=O) groups excluding carboxylic acids is 2. The Balaban J connectivity index is 1.54. The number of piperidine rings is 1. The number of amides is 3. The van der Waals surface area contributed by atoms with Crippen molar-refractivity contribution in [3.05, 3.63) is 48.0 Å². The molecule has 0 aromatic heterocycles. The lowest BCUT2D eigenvalue weighted by molar-refractivity contribution is 0.0793. The molecule has 33 heavy (non-hydrogen) atoms. The zero-order chi connectivity index (χ0) is 23.2. The Kier molecular flexibility index (Phi) is 7.37. The van der Waals surface area contributed by atoms with Gasteiger partial charge in [0.1, 0.15) is 5.75 Å². The standard InChI is InChI=1S/C26H34N4O3/c1-3-33-24-9-5-4-8-22(24)28-26(32)27-20-10-11-23(29-16-12-19(2)13-17-29)21(18-20)25(31)30-14-6-7-15-30/h4-5,8-11,18-19H,3,6-7,12-17H2,1-2H3,(H2,27,28,32). The second kappa shape index (κ2) is 10.6. The van der Waals surface area contributed by atoms with Crippen LogP contribution in [0, 0.1) is 5.92 Å². The van der Waals surface area contributed by atoms with Gasteiger partial charge in [-0.1, -0.05) is 19.1 Å². The molecule has 2 heterocycles. The minimum Gasteiger partial charge on any atom is -0.492 e. The smallest absolute Gasteiger partial charge is 0.323 e. The van der Waals surface area contributed by atoms with Gasteiger partial charge in [-0.2, -0.15) is 0 Å². The largest absolute Gasteiger partial charge is 0.492 e. The molecule has 4 rings (SSSR count). The summed E-state index contributed by atoms with van der Waals surface area (Å²) in [5.74, 6) is 1.38. The minimum atomic E-state index is -0.374. The summed E-state index contributed by atoms with van der Waals surface area (Å²) >= 11 is 0. The van der Waals surface area contributed by atoms with Gasteiger partial charge in [0.25, 0.3) is 5.91 Å². The van der Waals surface area contributed by atoms with Crippen LogP contribution in [-0.4, -0.2) is 49.6 Å². The second-order valence-corrected chi connectivity index (χ2v) is 8.91. The van der Waals surface area contributed by atoms with Crippen LogP contribution in [0.4, 0.5) is 21.9 Å². The van der Waals surface area contributed by atoms with Gasteiger partial charge < -0.3 is 25.2 Å². The number of nitrogens with zero attached hydrogens (tertiary/aromatic N) is 2. The van der Waals surface area contributed by atoms with Crippen LogP contribution in [0.1, 0.15) is 49.9 Å².